The molecule has 0 unspecified atom stereocenters. The molecule has 0 atom stereocenters. The van der Waals surface area contributed by atoms with Gasteiger partial charge in [0.2, 0.25) is 0 Å². The van der Waals surface area contributed by atoms with Crippen LogP contribution in [0.3, 0.4) is 0 Å². The van der Waals surface area contributed by atoms with Crippen LogP contribution in [0.25, 0.3) is 22.0 Å². The number of nitrogens with zero attached hydrogens (tertiary/aromatic N) is 4. The summed E-state index contributed by atoms with van der Waals surface area (Å²) >= 11 is 6.58. The van der Waals surface area contributed by atoms with Gasteiger partial charge in [0.15, 0.2) is 0 Å². The van der Waals surface area contributed by atoms with Gasteiger partial charge in [-0.2, -0.15) is 0 Å². The van der Waals surface area contributed by atoms with Crippen molar-refractivity contribution in [3.05, 3.63) is 71.3 Å². The third-order valence-electron chi connectivity index (χ3n) is 5.12. The van der Waals surface area contributed by atoms with Gasteiger partial charge >= 0.3 is 0 Å². The van der Waals surface area contributed by atoms with E-state index in [1.54, 1.807) is 57.0 Å². The van der Waals surface area contributed by atoms with Crippen molar-refractivity contribution in [2.45, 2.75) is 13.3 Å². The fourth-order valence-electron chi connectivity index (χ4n) is 3.43. The lowest BCUT2D eigenvalue weighted by Crippen LogP contribution is -2.08. The molecule has 1 N–H and O–H groups in total. The Kier molecular flexibility index (Phi) is 6.22. The first-order chi connectivity index (χ1) is 15.2. The van der Waals surface area contributed by atoms with E-state index >= 15 is 0 Å². The maximum absolute atomic E-state index is 15.0. The van der Waals surface area contributed by atoms with Crippen molar-refractivity contribution in [3.8, 4) is 11.1 Å². The molecule has 3 aromatic heterocycles. The Morgan fingerprint density at radius 1 is 1.12 bits per heavy atom. The fraction of sp³-hybridized carbons (Fsp3) is 0.217. The molecule has 4 aromatic rings. The summed E-state index contributed by atoms with van der Waals surface area (Å²) in [5.41, 5.74) is 4.29. The van der Waals surface area contributed by atoms with Crippen molar-refractivity contribution >= 4 is 40.8 Å². The molecule has 1 aromatic carbocycles. The number of pyridine rings is 2. The third-order valence-corrected chi connectivity index (χ3v) is 6.95. The highest BCUT2D eigenvalue weighted by Gasteiger charge is 2.17. The molecular formula is C23H22ClFN5OP. The van der Waals surface area contributed by atoms with E-state index in [9.17, 15) is 8.96 Å². The first-order valence-electron chi connectivity index (χ1n) is 10.0. The molecule has 3 heterocycles. The standard InChI is InChI=1S/C23H22ClFN5OP/c1-14-22(24)23(28-7-6-15-10-26-13-27-11-15)18-8-17(19(25)9-20(18)30-14)16-4-5-21(29-12-16)32(2,3)31/h4-5,8-13H,6-7H2,1-3H3,(H,28,30). The molecule has 0 saturated heterocycles. The second-order valence-corrected chi connectivity index (χ2v) is 11.5. The van der Waals surface area contributed by atoms with E-state index in [0.717, 1.165) is 5.56 Å². The number of nitrogens with one attached hydrogen (secondary N) is 1. The first-order valence-corrected chi connectivity index (χ1v) is 13.0. The molecule has 0 spiro atoms. The molecule has 0 aliphatic rings. The lowest BCUT2D eigenvalue weighted by molar-refractivity contribution is 0.588. The minimum atomic E-state index is -2.49. The number of halogens is 2. The Hall–Kier alpha value is -2.89. The van der Waals surface area contributed by atoms with Gasteiger partial charge in [0.1, 0.15) is 19.3 Å². The van der Waals surface area contributed by atoms with Crippen LogP contribution in [-0.4, -0.2) is 39.8 Å². The highest BCUT2D eigenvalue weighted by Crippen LogP contribution is 2.37. The number of hydrogen-bond acceptors (Lipinski definition) is 6. The number of rotatable bonds is 6. The van der Waals surface area contributed by atoms with Crippen LogP contribution in [-0.2, 0) is 11.0 Å². The fourth-order valence-corrected chi connectivity index (χ4v) is 4.41. The maximum Gasteiger partial charge on any atom is 0.133 e. The zero-order chi connectivity index (χ0) is 22.9. The van der Waals surface area contributed by atoms with E-state index < -0.39 is 13.0 Å². The molecule has 0 amide bonds. The third kappa shape index (κ3) is 4.64. The summed E-state index contributed by atoms with van der Waals surface area (Å²) < 4.78 is 27.2. The number of fused-ring (bicyclic) bond motifs is 1. The molecule has 0 aliphatic carbocycles. The largest absolute Gasteiger partial charge is 0.383 e. The van der Waals surface area contributed by atoms with Crippen molar-refractivity contribution in [1.82, 2.24) is 19.9 Å². The van der Waals surface area contributed by atoms with Gasteiger partial charge in [0.05, 0.1) is 27.4 Å². The molecule has 0 aliphatic heterocycles. The van der Waals surface area contributed by atoms with Crippen LogP contribution >= 0.6 is 18.7 Å². The van der Waals surface area contributed by atoms with Gasteiger partial charge in [-0.25, -0.2) is 14.4 Å². The Morgan fingerprint density at radius 2 is 1.88 bits per heavy atom. The molecule has 4 rings (SSSR count). The number of benzene rings is 1. The average Bonchev–Trinajstić information content (AvgIpc) is 2.76. The zero-order valence-electron chi connectivity index (χ0n) is 17.9. The van der Waals surface area contributed by atoms with E-state index in [4.69, 9.17) is 11.6 Å². The molecule has 0 bridgehead atoms. The van der Waals surface area contributed by atoms with E-state index in [1.165, 1.54) is 12.4 Å². The van der Waals surface area contributed by atoms with E-state index in [2.05, 4.69) is 25.3 Å². The molecule has 32 heavy (non-hydrogen) atoms. The van der Waals surface area contributed by atoms with Crippen molar-refractivity contribution in [1.29, 1.82) is 0 Å². The smallest absolute Gasteiger partial charge is 0.133 e. The Labute approximate surface area is 190 Å². The summed E-state index contributed by atoms with van der Waals surface area (Å²) in [4.78, 5) is 16.8. The Morgan fingerprint density at radius 3 is 2.53 bits per heavy atom. The van der Waals surface area contributed by atoms with Gasteiger partial charge in [0, 0.05) is 47.7 Å². The molecule has 0 radical (unpaired) electrons. The van der Waals surface area contributed by atoms with Gasteiger partial charge in [0.25, 0.3) is 0 Å². The van der Waals surface area contributed by atoms with E-state index in [1.807, 2.05) is 0 Å². The Balaban J connectivity index is 1.73. The highest BCUT2D eigenvalue weighted by atomic mass is 35.5. The zero-order valence-corrected chi connectivity index (χ0v) is 19.6. The second kappa shape index (κ2) is 8.93. The number of aryl methyl sites for hydroxylation is 1. The summed E-state index contributed by atoms with van der Waals surface area (Å²) in [7, 11) is -2.49. The quantitative estimate of drug-likeness (QED) is 0.396. The van der Waals surface area contributed by atoms with Crippen molar-refractivity contribution in [2.75, 3.05) is 25.2 Å². The van der Waals surface area contributed by atoms with Crippen LogP contribution in [0.1, 0.15) is 11.3 Å². The van der Waals surface area contributed by atoms with Crippen LogP contribution in [0, 0.1) is 12.7 Å². The molecule has 6 nitrogen and oxygen atoms in total. The van der Waals surface area contributed by atoms with Gasteiger partial charge in [-0.3, -0.25) is 9.97 Å². The topological polar surface area (TPSA) is 80.7 Å². The van der Waals surface area contributed by atoms with Crippen LogP contribution < -0.4 is 10.8 Å². The van der Waals surface area contributed by atoms with Gasteiger partial charge < -0.3 is 9.88 Å². The van der Waals surface area contributed by atoms with Gasteiger partial charge in [-0.15, -0.1) is 0 Å². The summed E-state index contributed by atoms with van der Waals surface area (Å²) in [5.74, 6) is -0.412. The lowest BCUT2D eigenvalue weighted by atomic mass is 10.0. The number of aromatic nitrogens is 4. The average molecular weight is 470 g/mol. The van der Waals surface area contributed by atoms with Crippen molar-refractivity contribution in [2.24, 2.45) is 0 Å². The van der Waals surface area contributed by atoms with E-state index in [-0.39, 0.29) is 0 Å². The van der Waals surface area contributed by atoms with Crippen molar-refractivity contribution < 1.29 is 8.96 Å². The number of anilines is 1. The van der Waals surface area contributed by atoms with Crippen LogP contribution in [0.4, 0.5) is 10.1 Å². The lowest BCUT2D eigenvalue weighted by Gasteiger charge is -2.15. The summed E-state index contributed by atoms with van der Waals surface area (Å²) in [6.07, 6.45) is 7.27. The minimum Gasteiger partial charge on any atom is -0.383 e. The molecular weight excluding hydrogens is 448 g/mol. The molecule has 9 heteroatoms. The first kappa shape index (κ1) is 22.3. The normalized spacial score (nSPS) is 11.7. The monoisotopic (exact) mass is 469 g/mol. The predicted molar refractivity (Wildman–Crippen MR) is 128 cm³/mol. The predicted octanol–water partition coefficient (Wildman–Crippen LogP) is 5.09. The Bertz CT molecular complexity index is 1330. The summed E-state index contributed by atoms with van der Waals surface area (Å²) in [5, 5.41) is 4.57. The van der Waals surface area contributed by atoms with E-state index in [0.29, 0.717) is 56.8 Å². The van der Waals surface area contributed by atoms with Crippen LogP contribution in [0.15, 0.2) is 49.2 Å². The summed E-state index contributed by atoms with van der Waals surface area (Å²) in [6, 6.07) is 6.55. The van der Waals surface area contributed by atoms with Crippen molar-refractivity contribution in [3.63, 3.8) is 0 Å². The second-order valence-electron chi connectivity index (χ2n) is 7.91. The van der Waals surface area contributed by atoms with Crippen LogP contribution in [0.5, 0.6) is 0 Å². The molecule has 0 fully saturated rings. The minimum absolute atomic E-state index is 0.375. The van der Waals surface area contributed by atoms with Gasteiger partial charge in [-0.1, -0.05) is 17.7 Å². The molecule has 0 saturated carbocycles. The van der Waals surface area contributed by atoms with Gasteiger partial charge in [-0.05, 0) is 44.4 Å². The molecule has 164 valence electrons. The van der Waals surface area contributed by atoms with Crippen LogP contribution in [0.2, 0.25) is 5.02 Å². The number of hydrogen-bond donors (Lipinski definition) is 1. The SMILES string of the molecule is Cc1nc2cc(F)c(-c3ccc(P(C)(C)=O)nc3)cc2c(NCCc2cncnc2)c1Cl. The highest BCUT2D eigenvalue weighted by molar-refractivity contribution is 7.69. The maximum atomic E-state index is 15.0. The summed E-state index contributed by atoms with van der Waals surface area (Å²) in [6.45, 7) is 5.69.